The van der Waals surface area contributed by atoms with Crippen molar-refractivity contribution in [2.24, 2.45) is 0 Å². The minimum Gasteiger partial charge on any atom is -0.444 e. The van der Waals surface area contributed by atoms with Crippen molar-refractivity contribution in [3.63, 3.8) is 0 Å². The van der Waals surface area contributed by atoms with Gasteiger partial charge in [-0.05, 0) is 34.1 Å². The second-order valence-corrected chi connectivity index (χ2v) is 6.91. The zero-order valence-electron chi connectivity index (χ0n) is 12.5. The van der Waals surface area contributed by atoms with Crippen molar-refractivity contribution in [1.82, 2.24) is 9.88 Å². The Morgan fingerprint density at radius 2 is 2.30 bits per heavy atom. The van der Waals surface area contributed by atoms with Gasteiger partial charge in [0, 0.05) is 18.1 Å². The number of amides is 1. The molecule has 1 aliphatic heterocycles. The van der Waals surface area contributed by atoms with Crippen molar-refractivity contribution in [3.8, 4) is 0 Å². The molecule has 0 bridgehead atoms. The maximum absolute atomic E-state index is 12.0. The number of nitrogens with zero attached hydrogens (tertiary/aromatic N) is 2. The van der Waals surface area contributed by atoms with Gasteiger partial charge in [0.25, 0.3) is 0 Å². The van der Waals surface area contributed by atoms with E-state index in [9.17, 15) is 4.79 Å². The number of hydrogen-bond acceptors (Lipinski definition) is 5. The minimum absolute atomic E-state index is 0.0291. The normalized spacial score (nSPS) is 21.0. The van der Waals surface area contributed by atoms with E-state index >= 15 is 0 Å². The summed E-state index contributed by atoms with van der Waals surface area (Å²) < 4.78 is 11.3. The average Bonchev–Trinajstić information content (AvgIpc) is 2.97. The Kier molecular flexibility index (Phi) is 4.65. The molecule has 1 aromatic rings. The Labute approximate surface area is 123 Å². The van der Waals surface area contributed by atoms with Gasteiger partial charge in [0.15, 0.2) is 0 Å². The molecule has 20 heavy (non-hydrogen) atoms. The first-order valence-corrected chi connectivity index (χ1v) is 7.76. The number of carbonyl (C=O) groups excluding carboxylic acids is 1. The Balaban J connectivity index is 1.82. The second kappa shape index (κ2) is 6.10. The van der Waals surface area contributed by atoms with Gasteiger partial charge in [-0.1, -0.05) is 0 Å². The molecule has 0 aromatic carbocycles. The van der Waals surface area contributed by atoms with Crippen LogP contribution in [0.3, 0.4) is 0 Å². The van der Waals surface area contributed by atoms with E-state index in [0.29, 0.717) is 13.1 Å². The summed E-state index contributed by atoms with van der Waals surface area (Å²) in [4.78, 5) is 17.9. The first-order chi connectivity index (χ1) is 9.35. The van der Waals surface area contributed by atoms with Gasteiger partial charge in [0.05, 0.1) is 12.6 Å². The van der Waals surface area contributed by atoms with Crippen LogP contribution >= 0.6 is 11.3 Å². The maximum Gasteiger partial charge on any atom is 0.410 e. The van der Waals surface area contributed by atoms with Crippen molar-refractivity contribution in [1.29, 1.82) is 0 Å². The van der Waals surface area contributed by atoms with E-state index in [1.165, 1.54) is 0 Å². The fourth-order valence-electron chi connectivity index (χ4n) is 2.11. The minimum atomic E-state index is -0.454. The standard InChI is InChI=1S/C14H22N2O3S/c1-10(12-15-6-8-20-12)18-11-5-7-16(9-11)13(17)19-14(2,3)4/h6,8,10-11H,5,7,9H2,1-4H3/t10-,11+/m1/s1. The molecular formula is C14H22N2O3S. The van der Waals surface area contributed by atoms with Crippen molar-refractivity contribution < 1.29 is 14.3 Å². The molecule has 2 rings (SSSR count). The molecule has 1 amide bonds. The largest absolute Gasteiger partial charge is 0.444 e. The molecule has 112 valence electrons. The number of aromatic nitrogens is 1. The quantitative estimate of drug-likeness (QED) is 0.859. The molecule has 6 heteroatoms. The van der Waals surface area contributed by atoms with Crippen LogP contribution in [-0.4, -0.2) is 40.8 Å². The Morgan fingerprint density at radius 1 is 1.55 bits per heavy atom. The van der Waals surface area contributed by atoms with Crippen molar-refractivity contribution in [2.75, 3.05) is 13.1 Å². The van der Waals surface area contributed by atoms with Gasteiger partial charge in [0.2, 0.25) is 0 Å². The molecule has 1 saturated heterocycles. The van der Waals surface area contributed by atoms with Crippen LogP contribution in [0.25, 0.3) is 0 Å². The summed E-state index contributed by atoms with van der Waals surface area (Å²) in [6.45, 7) is 8.89. The number of hydrogen-bond donors (Lipinski definition) is 0. The molecule has 0 spiro atoms. The van der Waals surface area contributed by atoms with Crippen LogP contribution in [0.4, 0.5) is 4.79 Å². The van der Waals surface area contributed by atoms with Gasteiger partial charge < -0.3 is 14.4 Å². The highest BCUT2D eigenvalue weighted by atomic mass is 32.1. The number of likely N-dealkylation sites (tertiary alicyclic amines) is 1. The summed E-state index contributed by atoms with van der Waals surface area (Å²) in [6, 6.07) is 0. The fraction of sp³-hybridized carbons (Fsp3) is 0.714. The summed E-state index contributed by atoms with van der Waals surface area (Å²) >= 11 is 1.59. The molecular weight excluding hydrogens is 276 g/mol. The van der Waals surface area contributed by atoms with Crippen LogP contribution in [0.15, 0.2) is 11.6 Å². The smallest absolute Gasteiger partial charge is 0.410 e. The molecule has 1 aliphatic rings. The van der Waals surface area contributed by atoms with Gasteiger partial charge >= 0.3 is 6.09 Å². The number of ether oxygens (including phenoxy) is 2. The maximum atomic E-state index is 12.0. The zero-order valence-corrected chi connectivity index (χ0v) is 13.3. The van der Waals surface area contributed by atoms with Crippen LogP contribution in [0.1, 0.15) is 45.2 Å². The molecule has 1 aromatic heterocycles. The van der Waals surface area contributed by atoms with Gasteiger partial charge in [-0.25, -0.2) is 9.78 Å². The van der Waals surface area contributed by atoms with Crippen molar-refractivity contribution in [2.45, 2.75) is 51.9 Å². The Bertz CT molecular complexity index is 442. The molecule has 0 saturated carbocycles. The van der Waals surface area contributed by atoms with E-state index in [-0.39, 0.29) is 18.3 Å². The van der Waals surface area contributed by atoms with Crippen molar-refractivity contribution in [3.05, 3.63) is 16.6 Å². The highest BCUT2D eigenvalue weighted by Gasteiger charge is 2.31. The lowest BCUT2D eigenvalue weighted by atomic mass is 10.2. The lowest BCUT2D eigenvalue weighted by molar-refractivity contribution is -0.00399. The monoisotopic (exact) mass is 298 g/mol. The van der Waals surface area contributed by atoms with E-state index in [1.54, 1.807) is 22.4 Å². The molecule has 0 radical (unpaired) electrons. The SMILES string of the molecule is C[C@@H](O[C@H]1CCN(C(=O)OC(C)(C)C)C1)c1nccs1. The summed E-state index contributed by atoms with van der Waals surface area (Å²) in [5, 5.41) is 2.91. The van der Waals surface area contributed by atoms with E-state index in [2.05, 4.69) is 4.98 Å². The summed E-state index contributed by atoms with van der Waals surface area (Å²) in [6.07, 6.45) is 2.39. The van der Waals surface area contributed by atoms with E-state index in [1.807, 2.05) is 33.1 Å². The summed E-state index contributed by atoms with van der Waals surface area (Å²) in [5.74, 6) is 0. The highest BCUT2D eigenvalue weighted by molar-refractivity contribution is 7.09. The van der Waals surface area contributed by atoms with Crippen LogP contribution in [-0.2, 0) is 9.47 Å². The molecule has 0 unspecified atom stereocenters. The third kappa shape index (κ3) is 4.18. The van der Waals surface area contributed by atoms with Gasteiger partial charge in [-0.15, -0.1) is 11.3 Å². The van der Waals surface area contributed by atoms with Crippen LogP contribution in [0, 0.1) is 0 Å². The summed E-state index contributed by atoms with van der Waals surface area (Å²) in [7, 11) is 0. The Hall–Kier alpha value is -1.14. The van der Waals surface area contributed by atoms with Crippen LogP contribution in [0.5, 0.6) is 0 Å². The number of thiazole rings is 1. The molecule has 0 aliphatic carbocycles. The highest BCUT2D eigenvalue weighted by Crippen LogP contribution is 2.25. The molecule has 5 nitrogen and oxygen atoms in total. The summed E-state index contributed by atoms with van der Waals surface area (Å²) in [5.41, 5.74) is -0.454. The second-order valence-electron chi connectivity index (χ2n) is 5.99. The van der Waals surface area contributed by atoms with Gasteiger partial charge in [-0.2, -0.15) is 0 Å². The molecule has 1 fully saturated rings. The predicted octanol–water partition coefficient (Wildman–Crippen LogP) is 3.23. The lowest BCUT2D eigenvalue weighted by Crippen LogP contribution is -2.36. The zero-order chi connectivity index (χ0) is 14.8. The van der Waals surface area contributed by atoms with E-state index < -0.39 is 5.60 Å². The topological polar surface area (TPSA) is 51.7 Å². The average molecular weight is 298 g/mol. The van der Waals surface area contributed by atoms with E-state index in [0.717, 1.165) is 11.4 Å². The molecule has 2 atom stereocenters. The van der Waals surface area contributed by atoms with E-state index in [4.69, 9.17) is 9.47 Å². The van der Waals surface area contributed by atoms with Gasteiger partial charge in [-0.3, -0.25) is 0 Å². The van der Waals surface area contributed by atoms with Crippen molar-refractivity contribution >= 4 is 17.4 Å². The predicted molar refractivity (Wildman–Crippen MR) is 77.8 cm³/mol. The van der Waals surface area contributed by atoms with Gasteiger partial charge in [0.1, 0.15) is 16.7 Å². The first kappa shape index (κ1) is 15.3. The first-order valence-electron chi connectivity index (χ1n) is 6.88. The Morgan fingerprint density at radius 3 is 2.90 bits per heavy atom. The molecule has 2 heterocycles. The fourth-order valence-corrected chi connectivity index (χ4v) is 2.74. The number of rotatable bonds is 3. The number of carbonyl (C=O) groups is 1. The van der Waals surface area contributed by atoms with Crippen LogP contribution < -0.4 is 0 Å². The van der Waals surface area contributed by atoms with Crippen LogP contribution in [0.2, 0.25) is 0 Å². The lowest BCUT2D eigenvalue weighted by Gasteiger charge is -2.24. The third-order valence-corrected chi connectivity index (χ3v) is 3.93. The third-order valence-electron chi connectivity index (χ3n) is 2.99. The molecule has 0 N–H and O–H groups in total.